The summed E-state index contributed by atoms with van der Waals surface area (Å²) in [6, 6.07) is 9.66. The van der Waals surface area contributed by atoms with Crippen LogP contribution < -0.4 is 0 Å². The van der Waals surface area contributed by atoms with Crippen LogP contribution in [-0.4, -0.2) is 5.78 Å². The predicted molar refractivity (Wildman–Crippen MR) is 110 cm³/mol. The minimum atomic E-state index is 0.248. The Morgan fingerprint density at radius 3 is 1.92 bits per heavy atom. The lowest BCUT2D eigenvalue weighted by Gasteiger charge is -2.20. The third kappa shape index (κ3) is 9.63. The van der Waals surface area contributed by atoms with Gasteiger partial charge in [0.15, 0.2) is 5.78 Å². The Morgan fingerprint density at radius 2 is 1.40 bits per heavy atom. The summed E-state index contributed by atoms with van der Waals surface area (Å²) in [4.78, 5) is 12.3. The van der Waals surface area contributed by atoms with Gasteiger partial charge in [0.25, 0.3) is 0 Å². The molecule has 25 heavy (non-hydrogen) atoms. The van der Waals surface area contributed by atoms with Crippen molar-refractivity contribution in [2.75, 3.05) is 0 Å². The first-order valence-corrected chi connectivity index (χ1v) is 10.4. The molecule has 0 atom stereocenters. The fraction of sp³-hybridized carbons (Fsp3) is 0.625. The maximum absolute atomic E-state index is 12.3. The van der Waals surface area contributed by atoms with Gasteiger partial charge in [0.1, 0.15) is 0 Å². The van der Waals surface area contributed by atoms with Gasteiger partial charge >= 0.3 is 0 Å². The smallest absolute Gasteiger partial charge is 0.163 e. The second-order valence-electron chi connectivity index (χ2n) is 7.34. The van der Waals surface area contributed by atoms with E-state index >= 15 is 0 Å². The summed E-state index contributed by atoms with van der Waals surface area (Å²) in [5.41, 5.74) is 2.13. The molecule has 1 aromatic carbocycles. The molecule has 0 aliphatic carbocycles. The summed E-state index contributed by atoms with van der Waals surface area (Å²) in [5, 5.41) is 0. The molecule has 0 aromatic heterocycles. The van der Waals surface area contributed by atoms with Crippen molar-refractivity contribution in [2.24, 2.45) is 5.92 Å². The minimum Gasteiger partial charge on any atom is -0.294 e. The summed E-state index contributed by atoms with van der Waals surface area (Å²) in [5.74, 6) is 0.856. The largest absolute Gasteiger partial charge is 0.294 e. The van der Waals surface area contributed by atoms with E-state index < -0.39 is 0 Å². The second kappa shape index (κ2) is 13.9. The lowest BCUT2D eigenvalue weighted by molar-refractivity contribution is 0.0982. The lowest BCUT2D eigenvalue weighted by Crippen LogP contribution is -2.07. The molecule has 140 valence electrons. The molecular weight excluding hydrogens is 304 g/mol. The van der Waals surface area contributed by atoms with Crippen molar-refractivity contribution in [1.82, 2.24) is 0 Å². The van der Waals surface area contributed by atoms with E-state index in [0.717, 1.165) is 12.0 Å². The summed E-state index contributed by atoms with van der Waals surface area (Å²) in [6.45, 7) is 8.89. The first-order valence-electron chi connectivity index (χ1n) is 10.4. The number of hydrogen-bond acceptors (Lipinski definition) is 1. The van der Waals surface area contributed by atoms with Crippen LogP contribution in [0.5, 0.6) is 0 Å². The molecule has 0 saturated heterocycles. The molecule has 1 nitrogen and oxygen atoms in total. The van der Waals surface area contributed by atoms with Crippen molar-refractivity contribution >= 4 is 5.78 Å². The van der Waals surface area contributed by atoms with Crippen molar-refractivity contribution in [3.05, 3.63) is 48.0 Å². The fourth-order valence-electron chi connectivity index (χ4n) is 3.43. The fourth-order valence-corrected chi connectivity index (χ4v) is 3.43. The number of benzene rings is 1. The molecule has 0 radical (unpaired) electrons. The van der Waals surface area contributed by atoms with E-state index in [2.05, 4.69) is 20.4 Å². The second-order valence-corrected chi connectivity index (χ2v) is 7.34. The van der Waals surface area contributed by atoms with Crippen LogP contribution in [0.4, 0.5) is 0 Å². The van der Waals surface area contributed by atoms with Crippen LogP contribution >= 0.6 is 0 Å². The SMILES string of the molecule is C=C(CCC(=O)c1ccccc1)C(CCCCCC)CCCCCC. The molecule has 0 heterocycles. The van der Waals surface area contributed by atoms with Crippen LogP contribution in [0, 0.1) is 5.92 Å². The van der Waals surface area contributed by atoms with Crippen LogP contribution in [0.25, 0.3) is 0 Å². The third-order valence-electron chi connectivity index (χ3n) is 5.16. The molecule has 0 spiro atoms. The minimum absolute atomic E-state index is 0.248. The van der Waals surface area contributed by atoms with Crippen molar-refractivity contribution in [3.8, 4) is 0 Å². The third-order valence-corrected chi connectivity index (χ3v) is 5.16. The van der Waals surface area contributed by atoms with E-state index in [9.17, 15) is 4.79 Å². The molecule has 0 bridgehead atoms. The van der Waals surface area contributed by atoms with Gasteiger partial charge in [-0.25, -0.2) is 0 Å². The molecule has 1 aromatic rings. The van der Waals surface area contributed by atoms with Gasteiger partial charge in [0, 0.05) is 12.0 Å². The standard InChI is InChI=1S/C24H38O/c1-4-6-8-11-15-22(16-12-9-7-5-2)21(3)19-20-24(25)23-17-13-10-14-18-23/h10,13-14,17-18,22H,3-9,11-12,15-16,19-20H2,1-2H3. The van der Waals surface area contributed by atoms with Crippen molar-refractivity contribution < 1.29 is 4.79 Å². The average molecular weight is 343 g/mol. The molecule has 0 N–H and O–H groups in total. The van der Waals surface area contributed by atoms with E-state index in [4.69, 9.17) is 0 Å². The average Bonchev–Trinajstić information content (AvgIpc) is 2.65. The van der Waals surface area contributed by atoms with Crippen LogP contribution in [-0.2, 0) is 0 Å². The van der Waals surface area contributed by atoms with Gasteiger partial charge in [-0.3, -0.25) is 4.79 Å². The number of allylic oxidation sites excluding steroid dienone is 1. The van der Waals surface area contributed by atoms with Gasteiger partial charge in [-0.05, 0) is 25.2 Å². The van der Waals surface area contributed by atoms with Crippen molar-refractivity contribution in [1.29, 1.82) is 0 Å². The molecule has 0 aliphatic rings. The zero-order chi connectivity index (χ0) is 18.3. The maximum atomic E-state index is 12.3. The topological polar surface area (TPSA) is 17.1 Å². The Bertz CT molecular complexity index is 462. The molecule has 1 heteroatoms. The van der Waals surface area contributed by atoms with E-state index in [-0.39, 0.29) is 5.78 Å². The Labute approximate surface area is 155 Å². The summed E-state index contributed by atoms with van der Waals surface area (Å²) in [6.07, 6.45) is 14.5. The number of ketones is 1. The van der Waals surface area contributed by atoms with Gasteiger partial charge in [-0.1, -0.05) is 108 Å². The number of carbonyl (C=O) groups is 1. The number of rotatable bonds is 15. The molecule has 1 rings (SSSR count). The number of carbonyl (C=O) groups excluding carboxylic acids is 1. The van der Waals surface area contributed by atoms with Gasteiger partial charge in [-0.15, -0.1) is 0 Å². The Kier molecular flexibility index (Phi) is 12.0. The van der Waals surface area contributed by atoms with Gasteiger partial charge in [0.2, 0.25) is 0 Å². The predicted octanol–water partition coefficient (Wildman–Crippen LogP) is 7.76. The van der Waals surface area contributed by atoms with Crippen LogP contribution in [0.3, 0.4) is 0 Å². The number of hydrogen-bond donors (Lipinski definition) is 0. The van der Waals surface area contributed by atoms with E-state index in [1.165, 1.54) is 69.8 Å². The Hall–Kier alpha value is -1.37. The van der Waals surface area contributed by atoms with Crippen molar-refractivity contribution in [2.45, 2.75) is 90.9 Å². The van der Waals surface area contributed by atoms with Crippen LogP contribution in [0.1, 0.15) is 101 Å². The summed E-state index contributed by atoms with van der Waals surface area (Å²) >= 11 is 0. The number of unbranched alkanes of at least 4 members (excludes halogenated alkanes) is 6. The quantitative estimate of drug-likeness (QED) is 0.181. The summed E-state index contributed by atoms with van der Waals surface area (Å²) in [7, 11) is 0. The van der Waals surface area contributed by atoms with Crippen molar-refractivity contribution in [3.63, 3.8) is 0 Å². The first kappa shape index (κ1) is 21.7. The van der Waals surface area contributed by atoms with E-state index in [1.807, 2.05) is 30.3 Å². The zero-order valence-corrected chi connectivity index (χ0v) is 16.6. The molecule has 0 aliphatic heterocycles. The molecular formula is C24H38O. The van der Waals surface area contributed by atoms with Gasteiger partial charge < -0.3 is 0 Å². The van der Waals surface area contributed by atoms with Crippen LogP contribution in [0.2, 0.25) is 0 Å². The maximum Gasteiger partial charge on any atom is 0.163 e. The Balaban J connectivity index is 2.44. The van der Waals surface area contributed by atoms with E-state index in [1.54, 1.807) is 0 Å². The van der Waals surface area contributed by atoms with Crippen LogP contribution in [0.15, 0.2) is 42.5 Å². The highest BCUT2D eigenvalue weighted by Crippen LogP contribution is 2.27. The molecule has 0 saturated carbocycles. The monoisotopic (exact) mass is 342 g/mol. The van der Waals surface area contributed by atoms with E-state index in [0.29, 0.717) is 12.3 Å². The molecule has 0 fully saturated rings. The summed E-state index contributed by atoms with van der Waals surface area (Å²) < 4.78 is 0. The zero-order valence-electron chi connectivity index (χ0n) is 16.6. The highest BCUT2D eigenvalue weighted by Gasteiger charge is 2.14. The highest BCUT2D eigenvalue weighted by molar-refractivity contribution is 5.96. The molecule has 0 amide bonds. The molecule has 0 unspecified atom stereocenters. The highest BCUT2D eigenvalue weighted by atomic mass is 16.1. The normalized spacial score (nSPS) is 11.0. The number of Topliss-reactive ketones (excluding diaryl/α,β-unsaturated/α-hetero) is 1. The first-order chi connectivity index (χ1) is 12.2. The van der Waals surface area contributed by atoms with Gasteiger partial charge in [-0.2, -0.15) is 0 Å². The lowest BCUT2D eigenvalue weighted by atomic mass is 9.86. The Morgan fingerprint density at radius 1 is 0.840 bits per heavy atom. The van der Waals surface area contributed by atoms with Gasteiger partial charge in [0.05, 0.1) is 0 Å².